The van der Waals surface area contributed by atoms with Crippen molar-refractivity contribution in [3.8, 4) is 11.4 Å². The largest absolute Gasteiger partial charge is 0.376 e. The van der Waals surface area contributed by atoms with Crippen LogP contribution in [-0.2, 0) is 17.0 Å². The number of anilines is 2. The fourth-order valence-electron chi connectivity index (χ4n) is 3.02. The Labute approximate surface area is 164 Å². The molecule has 0 radical (unpaired) electrons. The SMILES string of the molecule is Nc1nc(N)nc(CSc2nnc(-c3ccc(F)cc3)n2C[C@@H]2CCCO2)n1. The van der Waals surface area contributed by atoms with Gasteiger partial charge in [0.1, 0.15) is 11.6 Å². The predicted molar refractivity (Wildman–Crippen MR) is 103 cm³/mol. The second-order valence-corrected chi connectivity index (χ2v) is 7.26. The topological polar surface area (TPSA) is 131 Å². The smallest absolute Gasteiger partial charge is 0.225 e. The average Bonchev–Trinajstić information content (AvgIpc) is 3.31. The molecule has 9 nitrogen and oxygen atoms in total. The lowest BCUT2D eigenvalue weighted by molar-refractivity contribution is 0.0953. The Hall–Kier alpha value is -2.79. The molecule has 2 aromatic heterocycles. The first-order chi connectivity index (χ1) is 13.6. The summed E-state index contributed by atoms with van der Waals surface area (Å²) in [5, 5.41) is 9.31. The average molecular weight is 402 g/mol. The summed E-state index contributed by atoms with van der Waals surface area (Å²) in [5.41, 5.74) is 12.0. The van der Waals surface area contributed by atoms with Gasteiger partial charge in [-0.15, -0.1) is 10.2 Å². The molecule has 3 heterocycles. The minimum absolute atomic E-state index is 0.0796. The van der Waals surface area contributed by atoms with E-state index in [4.69, 9.17) is 16.2 Å². The fourth-order valence-corrected chi connectivity index (χ4v) is 3.82. The van der Waals surface area contributed by atoms with Gasteiger partial charge < -0.3 is 16.2 Å². The Morgan fingerprint density at radius 3 is 2.54 bits per heavy atom. The van der Waals surface area contributed by atoms with Gasteiger partial charge in [-0.25, -0.2) is 4.39 Å². The van der Waals surface area contributed by atoms with Gasteiger partial charge in [0.15, 0.2) is 11.0 Å². The van der Waals surface area contributed by atoms with Gasteiger partial charge in [-0.2, -0.15) is 15.0 Å². The number of ether oxygens (including phenoxy) is 1. The van der Waals surface area contributed by atoms with E-state index in [0.29, 0.717) is 29.1 Å². The Kier molecular flexibility index (Phi) is 5.35. The van der Waals surface area contributed by atoms with Crippen LogP contribution >= 0.6 is 11.8 Å². The van der Waals surface area contributed by atoms with Gasteiger partial charge in [0.25, 0.3) is 0 Å². The van der Waals surface area contributed by atoms with Crippen LogP contribution in [0.25, 0.3) is 11.4 Å². The van der Waals surface area contributed by atoms with Gasteiger partial charge in [0.05, 0.1) is 18.4 Å². The molecule has 0 amide bonds. The zero-order valence-electron chi connectivity index (χ0n) is 15.0. The maximum absolute atomic E-state index is 13.3. The van der Waals surface area contributed by atoms with E-state index in [0.717, 1.165) is 25.0 Å². The Balaban J connectivity index is 1.61. The van der Waals surface area contributed by atoms with Gasteiger partial charge in [0, 0.05) is 12.2 Å². The molecule has 3 aromatic rings. The number of thioether (sulfide) groups is 1. The number of nitrogens with zero attached hydrogens (tertiary/aromatic N) is 6. The zero-order chi connectivity index (χ0) is 19.5. The third kappa shape index (κ3) is 4.20. The van der Waals surface area contributed by atoms with Gasteiger partial charge in [-0.05, 0) is 37.1 Å². The van der Waals surface area contributed by atoms with Crippen molar-refractivity contribution >= 4 is 23.7 Å². The van der Waals surface area contributed by atoms with Gasteiger partial charge in [-0.3, -0.25) is 4.57 Å². The Morgan fingerprint density at radius 1 is 1.11 bits per heavy atom. The fraction of sp³-hybridized carbons (Fsp3) is 0.353. The number of hydrogen-bond acceptors (Lipinski definition) is 9. The van der Waals surface area contributed by atoms with Gasteiger partial charge in [-0.1, -0.05) is 11.8 Å². The van der Waals surface area contributed by atoms with Crippen molar-refractivity contribution in [2.24, 2.45) is 0 Å². The van der Waals surface area contributed by atoms with Crippen LogP contribution in [0.5, 0.6) is 0 Å². The van der Waals surface area contributed by atoms with E-state index in [1.807, 2.05) is 4.57 Å². The van der Waals surface area contributed by atoms with Crippen LogP contribution in [0.3, 0.4) is 0 Å². The summed E-state index contributed by atoms with van der Waals surface area (Å²) in [6, 6.07) is 6.19. The lowest BCUT2D eigenvalue weighted by Gasteiger charge is -2.14. The van der Waals surface area contributed by atoms with Crippen molar-refractivity contribution in [2.45, 2.75) is 36.4 Å². The highest BCUT2D eigenvalue weighted by Crippen LogP contribution is 2.28. The minimum Gasteiger partial charge on any atom is -0.376 e. The Morgan fingerprint density at radius 2 is 1.86 bits per heavy atom. The van der Waals surface area contributed by atoms with Crippen LogP contribution in [0.1, 0.15) is 18.7 Å². The molecule has 0 aliphatic carbocycles. The molecule has 0 unspecified atom stereocenters. The molecular weight excluding hydrogens is 383 g/mol. The van der Waals surface area contributed by atoms with Crippen LogP contribution in [0.15, 0.2) is 29.4 Å². The predicted octanol–water partition coefficient (Wildman–Crippen LogP) is 1.90. The first-order valence-electron chi connectivity index (χ1n) is 8.78. The second kappa shape index (κ2) is 8.07. The number of rotatable bonds is 6. The zero-order valence-corrected chi connectivity index (χ0v) is 15.8. The van der Waals surface area contributed by atoms with Crippen molar-refractivity contribution < 1.29 is 9.13 Å². The molecule has 28 heavy (non-hydrogen) atoms. The molecule has 0 spiro atoms. The van der Waals surface area contributed by atoms with E-state index in [1.165, 1.54) is 23.9 Å². The monoisotopic (exact) mass is 402 g/mol. The number of nitrogens with two attached hydrogens (primary N) is 2. The first kappa shape index (κ1) is 18.6. The summed E-state index contributed by atoms with van der Waals surface area (Å²) in [6.45, 7) is 1.37. The standard InChI is InChI=1S/C17H19FN8OS/c18-11-5-3-10(4-6-11)14-24-25-17(26(14)8-12-2-1-7-27-12)28-9-13-21-15(19)23-16(20)22-13/h3-6,12H,1-2,7-9H2,(H4,19,20,21,22,23)/t12-/m0/s1. The number of benzene rings is 1. The molecule has 1 fully saturated rings. The summed E-state index contributed by atoms with van der Waals surface area (Å²) in [7, 11) is 0. The third-order valence-electron chi connectivity index (χ3n) is 4.28. The van der Waals surface area contributed by atoms with Crippen LogP contribution in [0.4, 0.5) is 16.3 Å². The van der Waals surface area contributed by atoms with E-state index in [9.17, 15) is 4.39 Å². The van der Waals surface area contributed by atoms with E-state index >= 15 is 0 Å². The molecule has 11 heteroatoms. The molecular formula is C17H19FN8OS. The van der Waals surface area contributed by atoms with Crippen molar-refractivity contribution in [3.63, 3.8) is 0 Å². The lowest BCUT2D eigenvalue weighted by Crippen LogP contribution is -2.16. The molecule has 1 aliphatic heterocycles. The molecule has 0 bridgehead atoms. The van der Waals surface area contributed by atoms with E-state index in [2.05, 4.69) is 25.1 Å². The van der Waals surface area contributed by atoms with Crippen molar-refractivity contribution in [1.29, 1.82) is 0 Å². The molecule has 1 aliphatic rings. The Bertz CT molecular complexity index is 938. The van der Waals surface area contributed by atoms with Gasteiger partial charge in [0.2, 0.25) is 11.9 Å². The molecule has 1 atom stereocenters. The highest BCUT2D eigenvalue weighted by Gasteiger charge is 2.22. The maximum Gasteiger partial charge on any atom is 0.225 e. The lowest BCUT2D eigenvalue weighted by atomic mass is 10.2. The van der Waals surface area contributed by atoms with Crippen molar-refractivity contribution in [3.05, 3.63) is 35.9 Å². The van der Waals surface area contributed by atoms with Crippen LogP contribution in [-0.4, -0.2) is 42.4 Å². The summed E-state index contributed by atoms with van der Waals surface area (Å²) in [5.74, 6) is 1.39. The quantitative estimate of drug-likeness (QED) is 0.593. The number of halogens is 1. The van der Waals surface area contributed by atoms with Crippen LogP contribution in [0, 0.1) is 5.82 Å². The number of hydrogen-bond donors (Lipinski definition) is 2. The summed E-state index contributed by atoms with van der Waals surface area (Å²) in [6.07, 6.45) is 2.11. The molecule has 4 N–H and O–H groups in total. The second-order valence-electron chi connectivity index (χ2n) is 6.32. The molecule has 1 saturated heterocycles. The highest BCUT2D eigenvalue weighted by molar-refractivity contribution is 7.98. The maximum atomic E-state index is 13.3. The summed E-state index contributed by atoms with van der Waals surface area (Å²) < 4.78 is 21.1. The summed E-state index contributed by atoms with van der Waals surface area (Å²) >= 11 is 1.42. The minimum atomic E-state index is -0.298. The summed E-state index contributed by atoms with van der Waals surface area (Å²) in [4.78, 5) is 11.9. The number of aromatic nitrogens is 6. The molecule has 0 saturated carbocycles. The van der Waals surface area contributed by atoms with Crippen molar-refractivity contribution in [2.75, 3.05) is 18.1 Å². The highest BCUT2D eigenvalue weighted by atomic mass is 32.2. The van der Waals surface area contributed by atoms with Gasteiger partial charge >= 0.3 is 0 Å². The molecule has 146 valence electrons. The first-order valence-corrected chi connectivity index (χ1v) is 9.76. The van der Waals surface area contributed by atoms with Crippen LogP contribution < -0.4 is 11.5 Å². The van der Waals surface area contributed by atoms with E-state index in [1.54, 1.807) is 12.1 Å². The molecule has 1 aromatic carbocycles. The number of nitrogen functional groups attached to an aromatic ring is 2. The van der Waals surface area contributed by atoms with E-state index in [-0.39, 0.29) is 23.8 Å². The normalized spacial score (nSPS) is 16.5. The van der Waals surface area contributed by atoms with E-state index < -0.39 is 0 Å². The third-order valence-corrected chi connectivity index (χ3v) is 5.24. The van der Waals surface area contributed by atoms with Crippen LogP contribution in [0.2, 0.25) is 0 Å². The van der Waals surface area contributed by atoms with Crippen molar-refractivity contribution in [1.82, 2.24) is 29.7 Å². The molecule has 4 rings (SSSR count).